The molecule has 0 saturated carbocycles. The number of nitrogens with two attached hydrogens (primary N) is 1. The normalized spacial score (nSPS) is 13.2. The van der Waals surface area contributed by atoms with Crippen molar-refractivity contribution in [1.29, 1.82) is 0 Å². The standard InChI is InChI=1S/C19H20N2O4.C2HF3O2/c1-25-19(24)21(16(10-11-20)18(22)23)17-14-8-4-2-6-12(14)13-7-3-5-9-15(13)17;3-2(4,5)1(6)7/h2-9,16-17H,10-11,20H2,1H3,(H,22,23);(H,6,7)/t16-;/m0./s1. The molecular formula is C21H21F3N2O6. The summed E-state index contributed by atoms with van der Waals surface area (Å²) in [4.78, 5) is 34.6. The highest BCUT2D eigenvalue weighted by atomic mass is 19.4. The number of methoxy groups -OCH3 is 1. The number of aliphatic carboxylic acids is 2. The van der Waals surface area contributed by atoms with Gasteiger partial charge in [0.2, 0.25) is 0 Å². The van der Waals surface area contributed by atoms with Crippen LogP contribution in [0.25, 0.3) is 11.1 Å². The van der Waals surface area contributed by atoms with E-state index in [0.717, 1.165) is 22.3 Å². The fourth-order valence-electron chi connectivity index (χ4n) is 3.49. The number of amides is 1. The topological polar surface area (TPSA) is 130 Å². The number of carbonyl (C=O) groups is 3. The van der Waals surface area contributed by atoms with E-state index in [-0.39, 0.29) is 13.0 Å². The van der Waals surface area contributed by atoms with Crippen LogP contribution in [0.4, 0.5) is 18.0 Å². The van der Waals surface area contributed by atoms with Crippen LogP contribution >= 0.6 is 0 Å². The molecule has 4 N–H and O–H groups in total. The number of fused-ring (bicyclic) bond motifs is 3. The minimum atomic E-state index is -5.08. The molecule has 8 nitrogen and oxygen atoms in total. The summed E-state index contributed by atoms with van der Waals surface area (Å²) in [5, 5.41) is 16.8. The first-order valence-corrected chi connectivity index (χ1v) is 9.32. The summed E-state index contributed by atoms with van der Waals surface area (Å²) in [6.45, 7) is 0.153. The summed E-state index contributed by atoms with van der Waals surface area (Å²) < 4.78 is 36.7. The maximum absolute atomic E-state index is 12.5. The average molecular weight is 454 g/mol. The molecule has 11 heteroatoms. The van der Waals surface area contributed by atoms with Gasteiger partial charge in [-0.3, -0.25) is 4.90 Å². The predicted octanol–water partition coefficient (Wildman–Crippen LogP) is 3.26. The second-order valence-electron chi connectivity index (χ2n) is 6.69. The molecule has 0 radical (unpaired) electrons. The van der Waals surface area contributed by atoms with Gasteiger partial charge in [0, 0.05) is 0 Å². The molecular weight excluding hydrogens is 433 g/mol. The zero-order valence-electron chi connectivity index (χ0n) is 16.9. The van der Waals surface area contributed by atoms with Crippen molar-refractivity contribution in [2.75, 3.05) is 13.7 Å². The van der Waals surface area contributed by atoms with Crippen molar-refractivity contribution in [3.05, 3.63) is 59.7 Å². The van der Waals surface area contributed by atoms with Crippen LogP contribution in [-0.2, 0) is 14.3 Å². The highest BCUT2D eigenvalue weighted by Gasteiger charge is 2.41. The molecule has 0 saturated heterocycles. The number of carboxylic acid groups (broad SMARTS) is 2. The second-order valence-corrected chi connectivity index (χ2v) is 6.69. The first-order valence-electron chi connectivity index (χ1n) is 9.32. The van der Waals surface area contributed by atoms with E-state index < -0.39 is 36.3 Å². The third kappa shape index (κ3) is 5.17. The van der Waals surface area contributed by atoms with Gasteiger partial charge in [-0.05, 0) is 35.2 Å². The molecule has 0 heterocycles. The molecule has 2 aromatic rings. The first kappa shape index (κ1) is 24.7. The number of carbonyl (C=O) groups excluding carboxylic acids is 1. The molecule has 0 fully saturated rings. The van der Waals surface area contributed by atoms with Gasteiger partial charge >= 0.3 is 24.2 Å². The van der Waals surface area contributed by atoms with Gasteiger partial charge in [-0.25, -0.2) is 14.4 Å². The largest absolute Gasteiger partial charge is 0.490 e. The van der Waals surface area contributed by atoms with E-state index in [1.54, 1.807) is 0 Å². The van der Waals surface area contributed by atoms with Gasteiger partial charge in [0.15, 0.2) is 0 Å². The number of hydrogen-bond donors (Lipinski definition) is 3. The number of nitrogens with zero attached hydrogens (tertiary/aromatic N) is 1. The average Bonchev–Trinajstić information content (AvgIpc) is 3.07. The summed E-state index contributed by atoms with van der Waals surface area (Å²) in [7, 11) is 1.25. The number of rotatable bonds is 5. The Bertz CT molecular complexity index is 950. The summed E-state index contributed by atoms with van der Waals surface area (Å²) in [5.74, 6) is -3.86. The number of ether oxygens (including phenoxy) is 1. The van der Waals surface area contributed by atoms with Gasteiger partial charge in [-0.2, -0.15) is 13.2 Å². The van der Waals surface area contributed by atoms with Gasteiger partial charge < -0.3 is 20.7 Å². The predicted molar refractivity (Wildman–Crippen MR) is 107 cm³/mol. The minimum Gasteiger partial charge on any atom is -0.480 e. The Morgan fingerprint density at radius 1 is 1.03 bits per heavy atom. The van der Waals surface area contributed by atoms with E-state index in [0.29, 0.717) is 0 Å². The molecule has 1 aliphatic rings. The Labute approximate surface area is 181 Å². The van der Waals surface area contributed by atoms with Gasteiger partial charge in [0.05, 0.1) is 13.2 Å². The number of alkyl halides is 3. The Morgan fingerprint density at radius 2 is 1.47 bits per heavy atom. The molecule has 0 aliphatic heterocycles. The van der Waals surface area contributed by atoms with Crippen LogP contribution in [-0.4, -0.2) is 59.0 Å². The van der Waals surface area contributed by atoms with Gasteiger partial charge in [-0.1, -0.05) is 48.5 Å². The molecule has 0 unspecified atom stereocenters. The third-order valence-electron chi connectivity index (χ3n) is 4.77. The molecule has 1 atom stereocenters. The molecule has 0 bridgehead atoms. The maximum atomic E-state index is 12.5. The molecule has 0 aromatic heterocycles. The highest BCUT2D eigenvalue weighted by molar-refractivity contribution is 5.85. The van der Waals surface area contributed by atoms with Crippen molar-refractivity contribution >= 4 is 18.0 Å². The van der Waals surface area contributed by atoms with E-state index in [1.165, 1.54) is 12.0 Å². The summed E-state index contributed by atoms with van der Waals surface area (Å²) in [6.07, 6.45) is -5.62. The lowest BCUT2D eigenvalue weighted by Gasteiger charge is -2.34. The number of carboxylic acids is 2. The molecule has 32 heavy (non-hydrogen) atoms. The Morgan fingerprint density at radius 3 is 1.81 bits per heavy atom. The van der Waals surface area contributed by atoms with Crippen LogP contribution in [0.1, 0.15) is 23.6 Å². The molecule has 1 aliphatic carbocycles. The molecule has 0 spiro atoms. The van der Waals surface area contributed by atoms with Crippen molar-refractivity contribution in [3.63, 3.8) is 0 Å². The van der Waals surface area contributed by atoms with Crippen LogP contribution in [0.2, 0.25) is 0 Å². The van der Waals surface area contributed by atoms with Gasteiger partial charge in [-0.15, -0.1) is 0 Å². The monoisotopic (exact) mass is 454 g/mol. The van der Waals surface area contributed by atoms with Crippen LogP contribution < -0.4 is 5.73 Å². The second kappa shape index (κ2) is 10.1. The van der Waals surface area contributed by atoms with Crippen LogP contribution in [0.15, 0.2) is 48.5 Å². The quantitative estimate of drug-likeness (QED) is 0.632. The van der Waals surface area contributed by atoms with E-state index in [1.807, 2.05) is 48.5 Å². The van der Waals surface area contributed by atoms with E-state index >= 15 is 0 Å². The smallest absolute Gasteiger partial charge is 0.480 e. The molecule has 2 aromatic carbocycles. The lowest BCUT2D eigenvalue weighted by Crippen LogP contribution is -2.48. The fraction of sp³-hybridized carbons (Fsp3) is 0.286. The lowest BCUT2D eigenvalue weighted by molar-refractivity contribution is -0.192. The minimum absolute atomic E-state index is 0.144. The van der Waals surface area contributed by atoms with Crippen molar-refractivity contribution in [2.24, 2.45) is 5.73 Å². The van der Waals surface area contributed by atoms with Crippen molar-refractivity contribution in [1.82, 2.24) is 4.90 Å². The maximum Gasteiger partial charge on any atom is 0.490 e. The zero-order valence-corrected chi connectivity index (χ0v) is 16.9. The molecule has 1 amide bonds. The molecule has 3 rings (SSSR count). The number of benzene rings is 2. The zero-order chi connectivity index (χ0) is 24.1. The van der Waals surface area contributed by atoms with E-state index in [2.05, 4.69) is 0 Å². The fourth-order valence-corrected chi connectivity index (χ4v) is 3.49. The summed E-state index contributed by atoms with van der Waals surface area (Å²) in [5.41, 5.74) is 9.35. The van der Waals surface area contributed by atoms with Crippen LogP contribution in [0, 0.1) is 0 Å². The number of halogens is 3. The van der Waals surface area contributed by atoms with Crippen LogP contribution in [0.5, 0.6) is 0 Å². The Balaban J connectivity index is 0.000000451. The SMILES string of the molecule is COC(=O)N(C1c2ccccc2-c2ccccc21)[C@@H](CCN)C(=O)O.O=C(O)C(F)(F)F. The highest BCUT2D eigenvalue weighted by Crippen LogP contribution is 2.47. The number of hydrogen-bond acceptors (Lipinski definition) is 5. The first-order chi connectivity index (χ1) is 15.0. The Kier molecular flexibility index (Phi) is 7.82. The summed E-state index contributed by atoms with van der Waals surface area (Å²) in [6, 6.07) is 13.8. The third-order valence-corrected chi connectivity index (χ3v) is 4.77. The van der Waals surface area contributed by atoms with Crippen molar-refractivity contribution in [3.8, 4) is 11.1 Å². The van der Waals surface area contributed by atoms with Gasteiger partial charge in [0.25, 0.3) is 0 Å². The van der Waals surface area contributed by atoms with E-state index in [9.17, 15) is 27.9 Å². The Hall–Kier alpha value is -3.60. The van der Waals surface area contributed by atoms with Crippen molar-refractivity contribution < 1.29 is 42.5 Å². The van der Waals surface area contributed by atoms with Crippen LogP contribution in [0.3, 0.4) is 0 Å². The van der Waals surface area contributed by atoms with E-state index in [4.69, 9.17) is 20.4 Å². The van der Waals surface area contributed by atoms with Crippen molar-refractivity contribution in [2.45, 2.75) is 24.7 Å². The molecule has 172 valence electrons. The van der Waals surface area contributed by atoms with Gasteiger partial charge in [0.1, 0.15) is 6.04 Å². The lowest BCUT2D eigenvalue weighted by atomic mass is 10.0. The summed E-state index contributed by atoms with van der Waals surface area (Å²) >= 11 is 0.